The zero-order valence-electron chi connectivity index (χ0n) is 22.4. The number of ether oxygens (including phenoxy) is 4. The second-order valence-corrected chi connectivity index (χ2v) is 10.4. The van der Waals surface area contributed by atoms with Crippen LogP contribution in [0.2, 0.25) is 0 Å². The van der Waals surface area contributed by atoms with E-state index in [9.17, 15) is 9.90 Å². The van der Waals surface area contributed by atoms with Crippen LogP contribution in [0.3, 0.4) is 0 Å². The lowest BCUT2D eigenvalue weighted by Gasteiger charge is -2.36. The summed E-state index contributed by atoms with van der Waals surface area (Å²) in [5.74, 6) is 1.85. The summed E-state index contributed by atoms with van der Waals surface area (Å²) in [5, 5.41) is 9.29. The maximum absolute atomic E-state index is 13.6. The van der Waals surface area contributed by atoms with E-state index in [2.05, 4.69) is 23.1 Å². The summed E-state index contributed by atoms with van der Waals surface area (Å²) >= 11 is 0. The highest BCUT2D eigenvalue weighted by Crippen LogP contribution is 2.34. The molecular formula is C32H34N2O6. The summed E-state index contributed by atoms with van der Waals surface area (Å²) in [6.45, 7) is 4.24. The number of rotatable bonds is 8. The molecule has 3 aromatic rings. The van der Waals surface area contributed by atoms with Crippen molar-refractivity contribution in [3.8, 4) is 11.5 Å². The number of hydrogen-bond acceptors (Lipinski definition) is 7. The second kappa shape index (κ2) is 12.1. The molecule has 0 saturated carbocycles. The third-order valence-electron chi connectivity index (χ3n) is 7.64. The fourth-order valence-corrected chi connectivity index (χ4v) is 5.34. The van der Waals surface area contributed by atoms with Crippen molar-refractivity contribution >= 4 is 5.91 Å². The van der Waals surface area contributed by atoms with Crippen molar-refractivity contribution in [3.63, 3.8) is 0 Å². The molecule has 0 unspecified atom stereocenters. The van der Waals surface area contributed by atoms with E-state index in [1.54, 1.807) is 0 Å². The lowest BCUT2D eigenvalue weighted by atomic mass is 9.93. The molecule has 3 aliphatic rings. The van der Waals surface area contributed by atoms with Crippen LogP contribution >= 0.6 is 0 Å². The molecule has 8 nitrogen and oxygen atoms in total. The molecule has 0 bridgehead atoms. The van der Waals surface area contributed by atoms with E-state index in [1.165, 1.54) is 5.56 Å². The Hall–Kier alpha value is -3.85. The van der Waals surface area contributed by atoms with E-state index in [0.29, 0.717) is 31.9 Å². The van der Waals surface area contributed by atoms with Crippen LogP contribution in [0.5, 0.6) is 11.5 Å². The van der Waals surface area contributed by atoms with E-state index in [1.807, 2.05) is 65.6 Å². The molecule has 0 aliphatic carbocycles. The molecule has 0 aromatic heterocycles. The molecule has 6 rings (SSSR count). The maximum Gasteiger partial charge on any atom is 0.288 e. The monoisotopic (exact) mass is 542 g/mol. The van der Waals surface area contributed by atoms with Crippen molar-refractivity contribution in [2.45, 2.75) is 38.4 Å². The number of nitrogens with zero attached hydrogens (tertiary/aromatic N) is 2. The zero-order valence-corrected chi connectivity index (χ0v) is 22.4. The van der Waals surface area contributed by atoms with Crippen molar-refractivity contribution in [1.29, 1.82) is 0 Å². The molecule has 208 valence electrons. The third-order valence-corrected chi connectivity index (χ3v) is 7.64. The first kappa shape index (κ1) is 26.4. The van der Waals surface area contributed by atoms with Crippen LogP contribution in [0.25, 0.3) is 0 Å². The molecule has 3 heterocycles. The number of amides is 1. The van der Waals surface area contributed by atoms with Crippen LogP contribution in [0, 0.1) is 0 Å². The van der Waals surface area contributed by atoms with Gasteiger partial charge in [-0.25, -0.2) is 0 Å². The number of carbonyl (C=O) groups is 1. The van der Waals surface area contributed by atoms with Crippen LogP contribution in [0.15, 0.2) is 84.6 Å². The van der Waals surface area contributed by atoms with Gasteiger partial charge in [-0.3, -0.25) is 9.69 Å². The molecule has 3 aliphatic heterocycles. The molecule has 40 heavy (non-hydrogen) atoms. The summed E-state index contributed by atoms with van der Waals surface area (Å²) in [7, 11) is 0. The van der Waals surface area contributed by atoms with Crippen LogP contribution in [-0.2, 0) is 34.0 Å². The highest BCUT2D eigenvalue weighted by atomic mass is 16.7. The fourth-order valence-electron chi connectivity index (χ4n) is 5.34. The van der Waals surface area contributed by atoms with Gasteiger partial charge in [-0.1, -0.05) is 60.7 Å². The first-order valence-electron chi connectivity index (χ1n) is 13.8. The lowest BCUT2D eigenvalue weighted by molar-refractivity contribution is -0.157. The molecule has 1 amide bonds. The number of aliphatic hydroxyl groups excluding tert-OH is 1. The SMILES string of the molecule is O=C(C1=C[C@@H](c2ccccc2)C[C@@H](OCc2ccc(CO)cc2)O1)N1CCN(Cc2ccc3c(c2)OCO3)CC1. The highest BCUT2D eigenvalue weighted by Gasteiger charge is 2.32. The second-order valence-electron chi connectivity index (χ2n) is 10.4. The molecule has 0 radical (unpaired) electrons. The average molecular weight is 543 g/mol. The Kier molecular flexibility index (Phi) is 7.99. The van der Waals surface area contributed by atoms with E-state index >= 15 is 0 Å². The van der Waals surface area contributed by atoms with Gasteiger partial charge in [-0.2, -0.15) is 0 Å². The Morgan fingerprint density at radius 1 is 0.875 bits per heavy atom. The van der Waals surface area contributed by atoms with Crippen molar-refractivity contribution in [3.05, 3.63) is 107 Å². The van der Waals surface area contributed by atoms with Crippen molar-refractivity contribution < 1.29 is 28.8 Å². The number of benzene rings is 3. The normalized spacial score (nSPS) is 20.6. The molecule has 2 atom stereocenters. The summed E-state index contributed by atoms with van der Waals surface area (Å²) in [5.41, 5.74) is 4.14. The molecule has 1 saturated heterocycles. The van der Waals surface area contributed by atoms with Crippen LogP contribution in [0.4, 0.5) is 0 Å². The van der Waals surface area contributed by atoms with E-state index in [4.69, 9.17) is 18.9 Å². The number of piperazine rings is 1. The summed E-state index contributed by atoms with van der Waals surface area (Å²) in [4.78, 5) is 17.8. The van der Waals surface area contributed by atoms with Gasteiger partial charge in [0.1, 0.15) is 0 Å². The summed E-state index contributed by atoms with van der Waals surface area (Å²) in [6.07, 6.45) is 2.03. The smallest absolute Gasteiger partial charge is 0.288 e. The first-order valence-corrected chi connectivity index (χ1v) is 13.8. The number of hydrogen-bond donors (Lipinski definition) is 1. The van der Waals surface area contributed by atoms with Crippen LogP contribution in [-0.4, -0.2) is 60.1 Å². The molecule has 8 heteroatoms. The average Bonchev–Trinajstić information content (AvgIpc) is 3.49. The Bertz CT molecular complexity index is 1340. The number of fused-ring (bicyclic) bond motifs is 1. The maximum atomic E-state index is 13.6. The minimum atomic E-state index is -0.543. The minimum Gasteiger partial charge on any atom is -0.459 e. The molecule has 1 fully saturated rings. The van der Waals surface area contributed by atoms with Gasteiger partial charge in [0.15, 0.2) is 17.3 Å². The summed E-state index contributed by atoms with van der Waals surface area (Å²) in [6, 6.07) is 23.9. The van der Waals surface area contributed by atoms with Gasteiger partial charge in [-0.05, 0) is 40.5 Å². The number of allylic oxidation sites excluding steroid dienone is 1. The molecule has 0 spiro atoms. The molecule has 3 aromatic carbocycles. The van der Waals surface area contributed by atoms with Crippen molar-refractivity contribution in [2.75, 3.05) is 33.0 Å². The number of aliphatic hydroxyl groups is 1. The van der Waals surface area contributed by atoms with Gasteiger partial charge in [0.2, 0.25) is 13.1 Å². The topological polar surface area (TPSA) is 80.7 Å². The number of carbonyl (C=O) groups excluding carboxylic acids is 1. The molecule has 1 N–H and O–H groups in total. The minimum absolute atomic E-state index is 0.00850. The lowest BCUT2D eigenvalue weighted by Crippen LogP contribution is -2.49. The van der Waals surface area contributed by atoms with Crippen molar-refractivity contribution in [1.82, 2.24) is 9.80 Å². The standard InChI is InChI=1S/C32H34N2O6/c35-20-23-6-8-24(9-7-23)21-37-31-18-27(26-4-2-1-3-5-26)17-30(40-31)32(36)34-14-12-33(13-15-34)19-25-10-11-28-29(16-25)39-22-38-28/h1-11,16-17,27,31,35H,12-15,18-22H2/t27-,31+/m1/s1. The van der Waals surface area contributed by atoms with Gasteiger partial charge in [0.25, 0.3) is 5.91 Å². The molecular weight excluding hydrogens is 508 g/mol. The Balaban J connectivity index is 1.09. The van der Waals surface area contributed by atoms with E-state index in [0.717, 1.165) is 47.8 Å². The Morgan fingerprint density at radius 2 is 1.60 bits per heavy atom. The predicted octanol–water partition coefficient (Wildman–Crippen LogP) is 4.18. The van der Waals surface area contributed by atoms with Gasteiger partial charge in [0.05, 0.1) is 13.2 Å². The van der Waals surface area contributed by atoms with Gasteiger partial charge in [-0.15, -0.1) is 0 Å². The van der Waals surface area contributed by atoms with Gasteiger partial charge >= 0.3 is 0 Å². The fraction of sp³-hybridized carbons (Fsp3) is 0.344. The van der Waals surface area contributed by atoms with E-state index in [-0.39, 0.29) is 25.2 Å². The predicted molar refractivity (Wildman–Crippen MR) is 148 cm³/mol. The zero-order chi connectivity index (χ0) is 27.3. The highest BCUT2D eigenvalue weighted by molar-refractivity contribution is 5.92. The summed E-state index contributed by atoms with van der Waals surface area (Å²) < 4.78 is 23.2. The third kappa shape index (κ3) is 6.14. The van der Waals surface area contributed by atoms with Gasteiger partial charge < -0.3 is 29.0 Å². The van der Waals surface area contributed by atoms with Crippen molar-refractivity contribution in [2.24, 2.45) is 0 Å². The van der Waals surface area contributed by atoms with Gasteiger partial charge in [0, 0.05) is 45.1 Å². The largest absolute Gasteiger partial charge is 0.459 e. The first-order chi connectivity index (χ1) is 19.6. The Morgan fingerprint density at radius 3 is 2.38 bits per heavy atom. The Labute approximate surface area is 234 Å². The van der Waals surface area contributed by atoms with Crippen LogP contribution < -0.4 is 9.47 Å². The van der Waals surface area contributed by atoms with E-state index < -0.39 is 6.29 Å². The quantitative estimate of drug-likeness (QED) is 0.457. The van der Waals surface area contributed by atoms with Crippen LogP contribution in [0.1, 0.15) is 34.6 Å².